The Morgan fingerprint density at radius 1 is 1.16 bits per heavy atom. The van der Waals surface area contributed by atoms with E-state index in [2.05, 4.69) is 21.9 Å². The molecule has 1 saturated heterocycles. The molecule has 1 aliphatic rings. The first-order chi connectivity index (χ1) is 12.1. The van der Waals surface area contributed by atoms with Crippen molar-refractivity contribution in [3.8, 4) is 5.75 Å². The van der Waals surface area contributed by atoms with Crippen molar-refractivity contribution in [2.45, 2.75) is 52.0 Å². The molecule has 6 nitrogen and oxygen atoms in total. The maximum Gasteiger partial charge on any atom is 0.332 e. The minimum Gasteiger partial charge on any atom is -0.494 e. The topological polar surface area (TPSA) is 67.9 Å². The Labute approximate surface area is 149 Å². The van der Waals surface area contributed by atoms with Crippen LogP contribution in [0.3, 0.4) is 0 Å². The lowest BCUT2D eigenvalue weighted by Crippen LogP contribution is -2.29. The van der Waals surface area contributed by atoms with Gasteiger partial charge in [-0.1, -0.05) is 18.6 Å². The fraction of sp³-hybridized carbons (Fsp3) is 0.579. The maximum atomic E-state index is 11.3. The SMILES string of the molecule is CC(=O)NOC(=O)CCCCOc1cccc(CN2CCCCC2)c1. The molecule has 1 aromatic rings. The molecular weight excluding hydrogens is 320 g/mol. The van der Waals surface area contributed by atoms with Crippen LogP contribution in [-0.2, 0) is 21.0 Å². The number of rotatable bonds is 8. The molecule has 1 aromatic carbocycles. The van der Waals surface area contributed by atoms with Crippen LogP contribution in [-0.4, -0.2) is 36.5 Å². The summed E-state index contributed by atoms with van der Waals surface area (Å²) >= 11 is 0. The van der Waals surface area contributed by atoms with E-state index in [0.29, 0.717) is 13.0 Å². The molecule has 2 rings (SSSR count). The normalized spacial score (nSPS) is 14.8. The highest BCUT2D eigenvalue weighted by molar-refractivity contribution is 5.75. The molecule has 1 N–H and O–H groups in total. The summed E-state index contributed by atoms with van der Waals surface area (Å²) in [6.45, 7) is 5.19. The number of unbranched alkanes of at least 4 members (excludes halogenated alkanes) is 1. The molecule has 0 aliphatic carbocycles. The smallest absolute Gasteiger partial charge is 0.332 e. The van der Waals surface area contributed by atoms with Gasteiger partial charge in [0.2, 0.25) is 5.91 Å². The van der Waals surface area contributed by atoms with Crippen LogP contribution in [0.25, 0.3) is 0 Å². The number of hydrogen-bond donors (Lipinski definition) is 1. The van der Waals surface area contributed by atoms with Crippen molar-refractivity contribution in [1.82, 2.24) is 10.4 Å². The molecule has 0 unspecified atom stereocenters. The van der Waals surface area contributed by atoms with E-state index >= 15 is 0 Å². The number of nitrogens with zero attached hydrogens (tertiary/aromatic N) is 1. The molecule has 25 heavy (non-hydrogen) atoms. The van der Waals surface area contributed by atoms with Gasteiger partial charge in [0, 0.05) is 19.9 Å². The van der Waals surface area contributed by atoms with Crippen LogP contribution >= 0.6 is 0 Å². The number of ether oxygens (including phenoxy) is 1. The lowest BCUT2D eigenvalue weighted by atomic mass is 10.1. The third kappa shape index (κ3) is 8.03. The molecule has 1 fully saturated rings. The van der Waals surface area contributed by atoms with Gasteiger partial charge in [-0.2, -0.15) is 5.48 Å². The van der Waals surface area contributed by atoms with Gasteiger partial charge in [-0.15, -0.1) is 0 Å². The van der Waals surface area contributed by atoms with Gasteiger partial charge in [-0.25, -0.2) is 4.79 Å². The Morgan fingerprint density at radius 2 is 1.96 bits per heavy atom. The number of hydrogen-bond acceptors (Lipinski definition) is 5. The number of carbonyl (C=O) groups is 2. The largest absolute Gasteiger partial charge is 0.494 e. The standard InChI is InChI=1S/C19H28N2O4/c1-16(22)20-25-19(23)10-3-6-13-24-18-9-7-8-17(14-18)15-21-11-4-2-5-12-21/h7-9,14H,2-6,10-13,15H2,1H3,(H,20,22). The summed E-state index contributed by atoms with van der Waals surface area (Å²) in [6, 6.07) is 8.23. The quantitative estimate of drug-likeness (QED) is 0.578. The van der Waals surface area contributed by atoms with E-state index < -0.39 is 5.97 Å². The first kappa shape index (κ1) is 19.2. The van der Waals surface area contributed by atoms with Gasteiger partial charge in [0.25, 0.3) is 0 Å². The Bertz CT molecular complexity index is 556. The molecule has 0 saturated carbocycles. The summed E-state index contributed by atoms with van der Waals surface area (Å²) < 4.78 is 5.78. The first-order valence-electron chi connectivity index (χ1n) is 9.04. The molecule has 1 amide bonds. The lowest BCUT2D eigenvalue weighted by molar-refractivity contribution is -0.157. The summed E-state index contributed by atoms with van der Waals surface area (Å²) in [7, 11) is 0. The zero-order valence-electron chi connectivity index (χ0n) is 15.0. The average molecular weight is 348 g/mol. The van der Waals surface area contributed by atoms with Crippen molar-refractivity contribution in [3.63, 3.8) is 0 Å². The van der Waals surface area contributed by atoms with Gasteiger partial charge < -0.3 is 9.57 Å². The van der Waals surface area contributed by atoms with E-state index in [-0.39, 0.29) is 12.3 Å². The summed E-state index contributed by atoms with van der Waals surface area (Å²) in [5, 5.41) is 0. The van der Waals surface area contributed by atoms with Crippen LogP contribution in [0.4, 0.5) is 0 Å². The van der Waals surface area contributed by atoms with E-state index in [0.717, 1.165) is 18.7 Å². The number of piperidine rings is 1. The zero-order chi connectivity index (χ0) is 17.9. The van der Waals surface area contributed by atoms with Crippen LogP contribution in [0.5, 0.6) is 5.75 Å². The molecule has 138 valence electrons. The monoisotopic (exact) mass is 348 g/mol. The third-order valence-corrected chi connectivity index (χ3v) is 4.11. The summed E-state index contributed by atoms with van der Waals surface area (Å²) in [6.07, 6.45) is 5.61. The Balaban J connectivity index is 1.63. The highest BCUT2D eigenvalue weighted by atomic mass is 16.7. The number of nitrogens with one attached hydrogen (secondary N) is 1. The molecular formula is C19H28N2O4. The number of likely N-dealkylation sites (tertiary alicyclic amines) is 1. The Kier molecular flexibility index (Phi) is 8.25. The third-order valence-electron chi connectivity index (χ3n) is 4.11. The first-order valence-corrected chi connectivity index (χ1v) is 9.04. The maximum absolute atomic E-state index is 11.3. The highest BCUT2D eigenvalue weighted by Gasteiger charge is 2.10. The molecule has 0 bridgehead atoms. The van der Waals surface area contributed by atoms with Crippen LogP contribution in [0.1, 0.15) is 51.0 Å². The van der Waals surface area contributed by atoms with Gasteiger partial charge in [-0.3, -0.25) is 9.69 Å². The fourth-order valence-corrected chi connectivity index (χ4v) is 2.85. The molecule has 1 heterocycles. The van der Waals surface area contributed by atoms with Gasteiger partial charge in [0.15, 0.2) is 0 Å². The summed E-state index contributed by atoms with van der Waals surface area (Å²) in [5.74, 6) is 0.0511. The Morgan fingerprint density at radius 3 is 2.72 bits per heavy atom. The van der Waals surface area contributed by atoms with Crippen molar-refractivity contribution in [3.05, 3.63) is 29.8 Å². The predicted molar refractivity (Wildman–Crippen MR) is 94.8 cm³/mol. The minimum absolute atomic E-state index is 0.263. The molecule has 6 heteroatoms. The molecule has 0 radical (unpaired) electrons. The molecule has 0 atom stereocenters. The Hall–Kier alpha value is -2.08. The van der Waals surface area contributed by atoms with Crippen LogP contribution in [0, 0.1) is 0 Å². The second kappa shape index (κ2) is 10.7. The van der Waals surface area contributed by atoms with Gasteiger partial charge >= 0.3 is 5.97 Å². The van der Waals surface area contributed by atoms with Crippen LogP contribution in [0.2, 0.25) is 0 Å². The van der Waals surface area contributed by atoms with Crippen molar-refractivity contribution >= 4 is 11.9 Å². The number of amides is 1. The number of carbonyl (C=O) groups excluding carboxylic acids is 2. The molecule has 1 aliphatic heterocycles. The van der Waals surface area contributed by atoms with E-state index in [9.17, 15) is 9.59 Å². The van der Waals surface area contributed by atoms with Crippen LogP contribution < -0.4 is 10.2 Å². The molecule has 0 aromatic heterocycles. The highest BCUT2D eigenvalue weighted by Crippen LogP contribution is 2.18. The average Bonchev–Trinajstić information content (AvgIpc) is 2.61. The van der Waals surface area contributed by atoms with E-state index in [1.807, 2.05) is 17.6 Å². The summed E-state index contributed by atoms with van der Waals surface area (Å²) in [4.78, 5) is 29.0. The van der Waals surface area contributed by atoms with Crippen molar-refractivity contribution in [2.75, 3.05) is 19.7 Å². The van der Waals surface area contributed by atoms with E-state index in [4.69, 9.17) is 4.74 Å². The fourth-order valence-electron chi connectivity index (χ4n) is 2.85. The van der Waals surface area contributed by atoms with E-state index in [1.165, 1.54) is 44.8 Å². The van der Waals surface area contributed by atoms with Gasteiger partial charge in [0.05, 0.1) is 6.61 Å². The summed E-state index contributed by atoms with van der Waals surface area (Å²) in [5.41, 5.74) is 3.30. The van der Waals surface area contributed by atoms with Crippen LogP contribution in [0.15, 0.2) is 24.3 Å². The number of hydroxylamine groups is 1. The van der Waals surface area contributed by atoms with Crippen molar-refractivity contribution in [2.24, 2.45) is 0 Å². The second-order valence-electron chi connectivity index (χ2n) is 6.42. The van der Waals surface area contributed by atoms with Gasteiger partial charge in [-0.05, 0) is 56.5 Å². The van der Waals surface area contributed by atoms with Gasteiger partial charge in [0.1, 0.15) is 5.75 Å². The van der Waals surface area contributed by atoms with E-state index in [1.54, 1.807) is 0 Å². The lowest BCUT2D eigenvalue weighted by Gasteiger charge is -2.26. The minimum atomic E-state index is -0.432. The zero-order valence-corrected chi connectivity index (χ0v) is 15.0. The number of benzene rings is 1. The molecule has 0 spiro atoms. The second-order valence-corrected chi connectivity index (χ2v) is 6.42. The van der Waals surface area contributed by atoms with Crippen molar-refractivity contribution in [1.29, 1.82) is 0 Å². The van der Waals surface area contributed by atoms with Crippen molar-refractivity contribution < 1.29 is 19.2 Å². The predicted octanol–water partition coefficient (Wildman–Crippen LogP) is 2.82.